The van der Waals surface area contributed by atoms with Crippen molar-refractivity contribution >= 4 is 11.6 Å². The van der Waals surface area contributed by atoms with Crippen LogP contribution in [-0.2, 0) is 10.4 Å². The standard InChI is InChI=1S/C18H24N2O3/c1-13-10-16(14(2)23-13)18(3,22)12-19-17(21)11-20(4)15-8-6-5-7-9-15/h5-10,22H,11-12H2,1-4H3,(H,19,21). The lowest BCUT2D eigenvalue weighted by atomic mass is 9.96. The summed E-state index contributed by atoms with van der Waals surface area (Å²) in [4.78, 5) is 14.0. The average molecular weight is 316 g/mol. The van der Waals surface area contributed by atoms with Crippen molar-refractivity contribution in [3.05, 3.63) is 53.5 Å². The van der Waals surface area contributed by atoms with Gasteiger partial charge in [-0.2, -0.15) is 0 Å². The van der Waals surface area contributed by atoms with E-state index in [2.05, 4.69) is 5.32 Å². The van der Waals surface area contributed by atoms with E-state index in [9.17, 15) is 9.90 Å². The fourth-order valence-electron chi connectivity index (χ4n) is 2.58. The Kier molecular flexibility index (Phi) is 5.11. The lowest BCUT2D eigenvalue weighted by Gasteiger charge is -2.24. The molecule has 0 spiro atoms. The molecule has 1 amide bonds. The summed E-state index contributed by atoms with van der Waals surface area (Å²) in [6, 6.07) is 11.5. The van der Waals surface area contributed by atoms with Crippen LogP contribution in [0.5, 0.6) is 0 Å². The number of carbonyl (C=O) groups is 1. The largest absolute Gasteiger partial charge is 0.466 e. The minimum Gasteiger partial charge on any atom is -0.466 e. The smallest absolute Gasteiger partial charge is 0.239 e. The SMILES string of the molecule is Cc1cc(C(C)(O)CNC(=O)CN(C)c2ccccc2)c(C)o1. The number of furan rings is 1. The van der Waals surface area contributed by atoms with Crippen molar-refractivity contribution < 1.29 is 14.3 Å². The number of amides is 1. The van der Waals surface area contributed by atoms with Gasteiger partial charge in [-0.3, -0.25) is 4.79 Å². The predicted octanol–water partition coefficient (Wildman–Crippen LogP) is 2.36. The molecule has 1 heterocycles. The molecule has 1 unspecified atom stereocenters. The molecule has 0 bridgehead atoms. The van der Waals surface area contributed by atoms with Gasteiger partial charge in [0.15, 0.2) is 0 Å². The summed E-state index contributed by atoms with van der Waals surface area (Å²) in [6.45, 7) is 5.67. The number of aryl methyl sites for hydroxylation is 2. The van der Waals surface area contributed by atoms with E-state index < -0.39 is 5.60 Å². The average Bonchev–Trinajstić information content (AvgIpc) is 2.86. The lowest BCUT2D eigenvalue weighted by Crippen LogP contribution is -2.42. The van der Waals surface area contributed by atoms with E-state index >= 15 is 0 Å². The van der Waals surface area contributed by atoms with Crippen LogP contribution < -0.4 is 10.2 Å². The number of benzene rings is 1. The summed E-state index contributed by atoms with van der Waals surface area (Å²) in [6.07, 6.45) is 0. The summed E-state index contributed by atoms with van der Waals surface area (Å²) in [5.41, 5.74) is 0.505. The molecule has 1 aromatic carbocycles. The molecule has 0 aliphatic carbocycles. The molecule has 0 radical (unpaired) electrons. The van der Waals surface area contributed by atoms with E-state index in [1.807, 2.05) is 56.1 Å². The van der Waals surface area contributed by atoms with Gasteiger partial charge in [-0.05, 0) is 39.0 Å². The van der Waals surface area contributed by atoms with E-state index in [0.29, 0.717) is 11.3 Å². The third-order valence-corrected chi connectivity index (χ3v) is 3.83. The minimum absolute atomic E-state index is 0.133. The molecule has 0 aliphatic heterocycles. The predicted molar refractivity (Wildman–Crippen MR) is 90.5 cm³/mol. The number of likely N-dealkylation sites (N-methyl/N-ethyl adjacent to an activating group) is 1. The van der Waals surface area contributed by atoms with Gasteiger partial charge in [0, 0.05) is 18.3 Å². The monoisotopic (exact) mass is 316 g/mol. The van der Waals surface area contributed by atoms with Crippen molar-refractivity contribution in [2.24, 2.45) is 0 Å². The third-order valence-electron chi connectivity index (χ3n) is 3.83. The molecule has 124 valence electrons. The molecule has 0 saturated heterocycles. The second kappa shape index (κ2) is 6.87. The number of aliphatic hydroxyl groups is 1. The van der Waals surface area contributed by atoms with Gasteiger partial charge in [-0.25, -0.2) is 0 Å². The first-order chi connectivity index (χ1) is 10.8. The summed E-state index contributed by atoms with van der Waals surface area (Å²) < 4.78 is 5.45. The first kappa shape index (κ1) is 17.1. The molecule has 1 atom stereocenters. The van der Waals surface area contributed by atoms with E-state index in [-0.39, 0.29) is 19.0 Å². The van der Waals surface area contributed by atoms with Crippen molar-refractivity contribution in [3.8, 4) is 0 Å². The van der Waals surface area contributed by atoms with Crippen molar-refractivity contribution in [1.29, 1.82) is 0 Å². The van der Waals surface area contributed by atoms with Gasteiger partial charge in [0.05, 0.1) is 13.1 Å². The molecule has 5 heteroatoms. The normalized spacial score (nSPS) is 13.4. The Morgan fingerprint density at radius 1 is 1.30 bits per heavy atom. The molecule has 0 aliphatic rings. The fourth-order valence-corrected chi connectivity index (χ4v) is 2.58. The molecule has 5 nitrogen and oxygen atoms in total. The Bertz CT molecular complexity index is 662. The number of anilines is 1. The maximum atomic E-state index is 12.1. The molecule has 2 N–H and O–H groups in total. The Balaban J connectivity index is 1.92. The Morgan fingerprint density at radius 2 is 1.96 bits per heavy atom. The summed E-state index contributed by atoms with van der Waals surface area (Å²) in [5, 5.41) is 13.4. The van der Waals surface area contributed by atoms with Crippen LogP contribution in [0.15, 0.2) is 40.8 Å². The topological polar surface area (TPSA) is 65.7 Å². The zero-order chi connectivity index (χ0) is 17.0. The Morgan fingerprint density at radius 3 is 2.52 bits per heavy atom. The van der Waals surface area contributed by atoms with Crippen LogP contribution in [0.4, 0.5) is 5.69 Å². The zero-order valence-corrected chi connectivity index (χ0v) is 14.1. The van der Waals surface area contributed by atoms with Gasteiger partial charge in [0.2, 0.25) is 5.91 Å². The van der Waals surface area contributed by atoms with Crippen LogP contribution in [-0.4, -0.2) is 31.2 Å². The van der Waals surface area contributed by atoms with Crippen LogP contribution in [0.25, 0.3) is 0 Å². The Hall–Kier alpha value is -2.27. The van der Waals surface area contributed by atoms with Crippen molar-refractivity contribution in [1.82, 2.24) is 5.32 Å². The summed E-state index contributed by atoms with van der Waals surface area (Å²) in [7, 11) is 1.86. The second-order valence-electron chi connectivity index (χ2n) is 6.07. The van der Waals surface area contributed by atoms with Gasteiger partial charge in [-0.15, -0.1) is 0 Å². The Labute approximate surface area is 136 Å². The van der Waals surface area contributed by atoms with Gasteiger partial charge in [0.1, 0.15) is 17.1 Å². The number of hydrogen-bond acceptors (Lipinski definition) is 4. The van der Waals surface area contributed by atoms with E-state index in [4.69, 9.17) is 4.42 Å². The van der Waals surface area contributed by atoms with E-state index in [1.54, 1.807) is 13.0 Å². The highest BCUT2D eigenvalue weighted by Crippen LogP contribution is 2.26. The number of nitrogens with zero attached hydrogens (tertiary/aromatic N) is 1. The van der Waals surface area contributed by atoms with Crippen molar-refractivity contribution in [2.75, 3.05) is 25.0 Å². The van der Waals surface area contributed by atoms with Crippen LogP contribution in [0.2, 0.25) is 0 Å². The molecular weight excluding hydrogens is 292 g/mol. The van der Waals surface area contributed by atoms with Crippen LogP contribution in [0.3, 0.4) is 0 Å². The fraction of sp³-hybridized carbons (Fsp3) is 0.389. The summed E-state index contributed by atoms with van der Waals surface area (Å²) >= 11 is 0. The van der Waals surface area contributed by atoms with Gasteiger partial charge >= 0.3 is 0 Å². The second-order valence-corrected chi connectivity index (χ2v) is 6.07. The van der Waals surface area contributed by atoms with Crippen LogP contribution in [0, 0.1) is 13.8 Å². The van der Waals surface area contributed by atoms with Crippen molar-refractivity contribution in [3.63, 3.8) is 0 Å². The number of rotatable bonds is 6. The first-order valence-corrected chi connectivity index (χ1v) is 7.62. The van der Waals surface area contributed by atoms with Gasteiger partial charge < -0.3 is 19.7 Å². The molecule has 2 rings (SSSR count). The number of hydrogen-bond donors (Lipinski definition) is 2. The first-order valence-electron chi connectivity index (χ1n) is 7.62. The lowest BCUT2D eigenvalue weighted by molar-refractivity contribution is -0.120. The van der Waals surface area contributed by atoms with E-state index in [0.717, 1.165) is 11.4 Å². The molecule has 0 saturated carbocycles. The number of nitrogens with one attached hydrogen (secondary N) is 1. The third kappa shape index (κ3) is 4.36. The molecule has 1 aromatic heterocycles. The minimum atomic E-state index is -1.16. The number of carbonyl (C=O) groups excluding carboxylic acids is 1. The van der Waals surface area contributed by atoms with Gasteiger partial charge in [-0.1, -0.05) is 18.2 Å². The van der Waals surface area contributed by atoms with Crippen LogP contribution >= 0.6 is 0 Å². The maximum Gasteiger partial charge on any atom is 0.239 e. The van der Waals surface area contributed by atoms with E-state index in [1.165, 1.54) is 0 Å². The maximum absolute atomic E-state index is 12.1. The highest BCUT2D eigenvalue weighted by molar-refractivity contribution is 5.81. The molecular formula is C18H24N2O3. The molecule has 0 fully saturated rings. The number of para-hydroxylation sites is 1. The summed E-state index contributed by atoms with van der Waals surface area (Å²) in [5.74, 6) is 1.27. The molecule has 2 aromatic rings. The van der Waals surface area contributed by atoms with Gasteiger partial charge in [0.25, 0.3) is 0 Å². The molecule has 23 heavy (non-hydrogen) atoms. The highest BCUT2D eigenvalue weighted by atomic mass is 16.3. The van der Waals surface area contributed by atoms with Crippen LogP contribution in [0.1, 0.15) is 24.0 Å². The quantitative estimate of drug-likeness (QED) is 0.858. The zero-order valence-electron chi connectivity index (χ0n) is 14.1. The highest BCUT2D eigenvalue weighted by Gasteiger charge is 2.28. The van der Waals surface area contributed by atoms with Crippen molar-refractivity contribution in [2.45, 2.75) is 26.4 Å².